The lowest BCUT2D eigenvalue weighted by Crippen LogP contribution is -2.34. The van der Waals surface area contributed by atoms with Crippen LogP contribution in [0.1, 0.15) is 25.5 Å². The van der Waals surface area contributed by atoms with E-state index in [-0.39, 0.29) is 0 Å². The summed E-state index contributed by atoms with van der Waals surface area (Å²) in [5, 5.41) is 3.51. The van der Waals surface area contributed by atoms with Gasteiger partial charge in [-0.05, 0) is 45.0 Å². The molecule has 3 nitrogen and oxygen atoms in total. The van der Waals surface area contributed by atoms with Gasteiger partial charge in [0.2, 0.25) is 0 Å². The first-order valence-corrected chi connectivity index (χ1v) is 6.20. The Morgan fingerprint density at radius 1 is 1.56 bits per heavy atom. The highest BCUT2D eigenvalue weighted by molar-refractivity contribution is 5.43. The molecule has 0 amide bonds. The van der Waals surface area contributed by atoms with Crippen LogP contribution in [0.2, 0.25) is 0 Å². The third-order valence-electron chi connectivity index (χ3n) is 3.34. The fraction of sp³-hybridized carbons (Fsp3) is 0.615. The summed E-state index contributed by atoms with van der Waals surface area (Å²) in [6, 6.07) is 4.85. The van der Waals surface area contributed by atoms with Crippen LogP contribution >= 0.6 is 0 Å². The molecule has 1 fully saturated rings. The standard InChI is InChI=1S/C13H21N3/c1-3-16-8-4-5-13(16)10-15-12-6-7-14-11(2)9-12/h6-7,9,13H,3-5,8,10H2,1-2H3,(H,14,15). The van der Waals surface area contributed by atoms with E-state index in [2.05, 4.69) is 28.2 Å². The Kier molecular flexibility index (Phi) is 3.78. The van der Waals surface area contributed by atoms with E-state index in [0.29, 0.717) is 6.04 Å². The van der Waals surface area contributed by atoms with Gasteiger partial charge in [-0.25, -0.2) is 0 Å². The maximum Gasteiger partial charge on any atom is 0.0393 e. The van der Waals surface area contributed by atoms with Gasteiger partial charge in [-0.1, -0.05) is 6.92 Å². The summed E-state index contributed by atoms with van der Waals surface area (Å²) in [6.45, 7) is 7.76. The molecule has 1 aliphatic rings. The number of aryl methyl sites for hydroxylation is 1. The average molecular weight is 219 g/mol. The van der Waals surface area contributed by atoms with Crippen LogP contribution in [0.25, 0.3) is 0 Å². The fourth-order valence-corrected chi connectivity index (χ4v) is 2.43. The van der Waals surface area contributed by atoms with Gasteiger partial charge in [-0.15, -0.1) is 0 Å². The molecule has 1 aromatic rings. The van der Waals surface area contributed by atoms with E-state index >= 15 is 0 Å². The number of likely N-dealkylation sites (N-methyl/N-ethyl adjacent to an activating group) is 1. The maximum atomic E-state index is 4.20. The highest BCUT2D eigenvalue weighted by atomic mass is 15.2. The van der Waals surface area contributed by atoms with Crippen molar-refractivity contribution < 1.29 is 0 Å². The van der Waals surface area contributed by atoms with E-state index in [4.69, 9.17) is 0 Å². The molecule has 1 aromatic heterocycles. The van der Waals surface area contributed by atoms with Crippen LogP contribution in [-0.2, 0) is 0 Å². The number of pyridine rings is 1. The second-order valence-electron chi connectivity index (χ2n) is 4.49. The molecule has 1 N–H and O–H groups in total. The predicted molar refractivity (Wildman–Crippen MR) is 67.7 cm³/mol. The van der Waals surface area contributed by atoms with Crippen LogP contribution in [0.5, 0.6) is 0 Å². The zero-order valence-corrected chi connectivity index (χ0v) is 10.2. The summed E-state index contributed by atoms with van der Waals surface area (Å²) in [4.78, 5) is 6.76. The van der Waals surface area contributed by atoms with E-state index in [0.717, 1.165) is 12.2 Å². The van der Waals surface area contributed by atoms with Crippen LogP contribution in [0.3, 0.4) is 0 Å². The topological polar surface area (TPSA) is 28.2 Å². The first-order chi connectivity index (χ1) is 7.79. The van der Waals surface area contributed by atoms with Crippen molar-refractivity contribution in [3.63, 3.8) is 0 Å². The molecule has 1 atom stereocenters. The number of likely N-dealkylation sites (tertiary alicyclic amines) is 1. The molecule has 0 bridgehead atoms. The molecule has 1 aliphatic heterocycles. The van der Waals surface area contributed by atoms with Gasteiger partial charge in [0.1, 0.15) is 0 Å². The Labute approximate surface area is 97.9 Å². The molecular weight excluding hydrogens is 198 g/mol. The van der Waals surface area contributed by atoms with Crippen molar-refractivity contribution in [3.8, 4) is 0 Å². The third-order valence-corrected chi connectivity index (χ3v) is 3.34. The molecule has 88 valence electrons. The summed E-state index contributed by atoms with van der Waals surface area (Å²) in [5.41, 5.74) is 2.26. The normalized spacial score (nSPS) is 21.2. The summed E-state index contributed by atoms with van der Waals surface area (Å²) in [6.07, 6.45) is 4.53. The lowest BCUT2D eigenvalue weighted by molar-refractivity contribution is 0.277. The van der Waals surface area contributed by atoms with Crippen molar-refractivity contribution in [3.05, 3.63) is 24.0 Å². The summed E-state index contributed by atoms with van der Waals surface area (Å²) >= 11 is 0. The van der Waals surface area contributed by atoms with Gasteiger partial charge in [0.25, 0.3) is 0 Å². The van der Waals surface area contributed by atoms with Crippen LogP contribution in [0, 0.1) is 6.92 Å². The van der Waals surface area contributed by atoms with Crippen LogP contribution in [0.4, 0.5) is 5.69 Å². The van der Waals surface area contributed by atoms with Gasteiger partial charge in [-0.2, -0.15) is 0 Å². The van der Waals surface area contributed by atoms with Gasteiger partial charge in [0.15, 0.2) is 0 Å². The first-order valence-electron chi connectivity index (χ1n) is 6.20. The van der Waals surface area contributed by atoms with E-state index in [1.807, 2.05) is 19.2 Å². The van der Waals surface area contributed by atoms with E-state index < -0.39 is 0 Å². The molecule has 1 saturated heterocycles. The second kappa shape index (κ2) is 5.30. The third kappa shape index (κ3) is 2.73. The minimum absolute atomic E-state index is 0.707. The molecule has 16 heavy (non-hydrogen) atoms. The average Bonchev–Trinajstić information content (AvgIpc) is 2.74. The lowest BCUT2D eigenvalue weighted by Gasteiger charge is -2.23. The summed E-state index contributed by atoms with van der Waals surface area (Å²) < 4.78 is 0. The zero-order chi connectivity index (χ0) is 11.4. The molecule has 2 rings (SSSR count). The van der Waals surface area contributed by atoms with Crippen molar-refractivity contribution in [1.82, 2.24) is 9.88 Å². The number of aromatic nitrogens is 1. The van der Waals surface area contributed by atoms with E-state index in [1.54, 1.807) is 0 Å². The second-order valence-corrected chi connectivity index (χ2v) is 4.49. The number of rotatable bonds is 4. The number of hydrogen-bond donors (Lipinski definition) is 1. The van der Waals surface area contributed by atoms with Gasteiger partial charge in [-0.3, -0.25) is 9.88 Å². The maximum absolute atomic E-state index is 4.20. The number of nitrogens with one attached hydrogen (secondary N) is 1. The van der Waals surface area contributed by atoms with Gasteiger partial charge < -0.3 is 5.32 Å². The molecule has 0 aliphatic carbocycles. The Hall–Kier alpha value is -1.09. The molecule has 0 aromatic carbocycles. The molecule has 0 radical (unpaired) electrons. The van der Waals surface area contributed by atoms with Crippen molar-refractivity contribution >= 4 is 5.69 Å². The van der Waals surface area contributed by atoms with Crippen LogP contribution in [-0.4, -0.2) is 35.6 Å². The monoisotopic (exact) mass is 219 g/mol. The molecular formula is C13H21N3. The molecule has 1 unspecified atom stereocenters. The lowest BCUT2D eigenvalue weighted by atomic mass is 10.2. The molecule has 3 heteroatoms. The zero-order valence-electron chi connectivity index (χ0n) is 10.2. The molecule has 0 spiro atoms. The largest absolute Gasteiger partial charge is 0.383 e. The fourth-order valence-electron chi connectivity index (χ4n) is 2.43. The highest BCUT2D eigenvalue weighted by Crippen LogP contribution is 2.17. The number of hydrogen-bond acceptors (Lipinski definition) is 3. The predicted octanol–water partition coefficient (Wildman–Crippen LogP) is 2.29. The quantitative estimate of drug-likeness (QED) is 0.842. The van der Waals surface area contributed by atoms with Gasteiger partial charge in [0.05, 0.1) is 0 Å². The number of nitrogens with zero attached hydrogens (tertiary/aromatic N) is 2. The van der Waals surface area contributed by atoms with Crippen LogP contribution in [0.15, 0.2) is 18.3 Å². The van der Waals surface area contributed by atoms with Gasteiger partial charge in [0, 0.05) is 30.2 Å². The smallest absolute Gasteiger partial charge is 0.0393 e. The Balaban J connectivity index is 1.87. The summed E-state index contributed by atoms with van der Waals surface area (Å²) in [7, 11) is 0. The van der Waals surface area contributed by atoms with Crippen molar-refractivity contribution in [1.29, 1.82) is 0 Å². The van der Waals surface area contributed by atoms with Crippen LogP contribution < -0.4 is 5.32 Å². The Bertz CT molecular complexity index is 338. The molecule has 2 heterocycles. The summed E-state index contributed by atoms with van der Waals surface area (Å²) in [5.74, 6) is 0. The minimum Gasteiger partial charge on any atom is -0.383 e. The highest BCUT2D eigenvalue weighted by Gasteiger charge is 2.22. The SMILES string of the molecule is CCN1CCCC1CNc1ccnc(C)c1. The van der Waals surface area contributed by atoms with E-state index in [9.17, 15) is 0 Å². The molecule has 0 saturated carbocycles. The number of anilines is 1. The Morgan fingerprint density at radius 3 is 3.19 bits per heavy atom. The van der Waals surface area contributed by atoms with Crippen molar-refractivity contribution in [2.45, 2.75) is 32.7 Å². The Morgan fingerprint density at radius 2 is 2.44 bits per heavy atom. The van der Waals surface area contributed by atoms with Crippen molar-refractivity contribution in [2.75, 3.05) is 25.0 Å². The minimum atomic E-state index is 0.707. The van der Waals surface area contributed by atoms with Crippen molar-refractivity contribution in [2.24, 2.45) is 0 Å². The first kappa shape index (κ1) is 11.4. The van der Waals surface area contributed by atoms with E-state index in [1.165, 1.54) is 31.6 Å². The van der Waals surface area contributed by atoms with Gasteiger partial charge >= 0.3 is 0 Å².